The SMILES string of the molecule is C1CCC(N=C(NC2CCCCC2)N2CCOCC2)CC1.CCC(C)(C)OC(=O)N1CCC(O)CC1.CCCC[N+](CCCC)(CCCC)CCCC.COCCCN(CCOCCO)CCOCCO.O=C([O-])c1ccccc1. The second-order valence-corrected chi connectivity index (χ2v) is 22.7. The fraction of sp³-hybridized carbons (Fsp3) is 0.857. The van der Waals surface area contributed by atoms with Crippen LogP contribution in [0.15, 0.2) is 35.3 Å². The van der Waals surface area contributed by atoms with Gasteiger partial charge in [0.05, 0.1) is 97.1 Å². The van der Waals surface area contributed by atoms with Crippen molar-refractivity contribution < 1.29 is 58.2 Å². The molecule has 4 N–H and O–H groups in total. The number of likely N-dealkylation sites (tertiary alicyclic amines) is 1. The summed E-state index contributed by atoms with van der Waals surface area (Å²) >= 11 is 0. The Morgan fingerprint density at radius 2 is 1.19 bits per heavy atom. The first kappa shape index (κ1) is 74.9. The molecule has 2 heterocycles. The van der Waals surface area contributed by atoms with Gasteiger partial charge in [0.2, 0.25) is 0 Å². The van der Waals surface area contributed by atoms with E-state index in [9.17, 15) is 19.8 Å². The summed E-state index contributed by atoms with van der Waals surface area (Å²) in [7, 11) is 1.69. The second-order valence-electron chi connectivity index (χ2n) is 22.7. The normalized spacial score (nSPS) is 16.7. The highest BCUT2D eigenvalue weighted by atomic mass is 16.6. The van der Waals surface area contributed by atoms with E-state index in [1.807, 2.05) is 20.8 Å². The number of aromatic carboxylic acids is 1. The van der Waals surface area contributed by atoms with Crippen LogP contribution in [0.25, 0.3) is 0 Å². The molecular weight excluding hydrogens is 1020 g/mol. The lowest BCUT2D eigenvalue weighted by atomic mass is 9.95. The van der Waals surface area contributed by atoms with Crippen molar-refractivity contribution in [2.24, 2.45) is 4.99 Å². The third-order valence-corrected chi connectivity index (χ3v) is 15.4. The highest BCUT2D eigenvalue weighted by Crippen LogP contribution is 2.23. The Morgan fingerprint density at radius 1 is 0.688 bits per heavy atom. The zero-order valence-electron chi connectivity index (χ0n) is 52.2. The number of ether oxygens (including phenoxy) is 5. The van der Waals surface area contributed by atoms with Crippen LogP contribution in [0.4, 0.5) is 4.79 Å². The van der Waals surface area contributed by atoms with Gasteiger partial charge in [0.1, 0.15) is 5.60 Å². The number of nitrogens with one attached hydrogen (secondary N) is 1. The molecule has 4 fully saturated rings. The average molecular weight is 1140 g/mol. The van der Waals surface area contributed by atoms with Gasteiger partial charge in [-0.1, -0.05) is 129 Å². The van der Waals surface area contributed by atoms with Gasteiger partial charge in [0.15, 0.2) is 5.96 Å². The third-order valence-electron chi connectivity index (χ3n) is 15.4. The molecule has 1 aromatic carbocycles. The maximum atomic E-state index is 11.7. The van der Waals surface area contributed by atoms with E-state index in [0.29, 0.717) is 64.4 Å². The number of aliphatic imine (C=N–C) groups is 1. The molecule has 2 aliphatic carbocycles. The predicted octanol–water partition coefficient (Wildman–Crippen LogP) is 9.09. The van der Waals surface area contributed by atoms with Crippen molar-refractivity contribution in [1.29, 1.82) is 0 Å². The van der Waals surface area contributed by atoms with Crippen LogP contribution >= 0.6 is 0 Å². The Kier molecular flexibility index (Phi) is 46.2. The molecular formula is C63H120N6O11. The molecule has 0 atom stereocenters. The molecule has 0 spiro atoms. The summed E-state index contributed by atoms with van der Waals surface area (Å²) in [5.41, 5.74) is -0.176. The Hall–Kier alpha value is -3.13. The quantitative estimate of drug-likeness (QED) is 0.0238. The van der Waals surface area contributed by atoms with Crippen LogP contribution in [0.5, 0.6) is 0 Å². The lowest BCUT2D eigenvalue weighted by Crippen LogP contribution is -2.51. The number of morpholine rings is 1. The van der Waals surface area contributed by atoms with Gasteiger partial charge >= 0.3 is 6.09 Å². The van der Waals surface area contributed by atoms with E-state index in [-0.39, 0.29) is 31.0 Å². The minimum atomic E-state index is -1.13. The van der Waals surface area contributed by atoms with Gasteiger partial charge in [0.25, 0.3) is 0 Å². The largest absolute Gasteiger partial charge is 0.545 e. The number of aliphatic hydroxyl groups is 3. The van der Waals surface area contributed by atoms with E-state index in [4.69, 9.17) is 38.9 Å². The van der Waals surface area contributed by atoms with Crippen molar-refractivity contribution in [3.63, 3.8) is 0 Å². The van der Waals surface area contributed by atoms with Gasteiger partial charge in [-0.2, -0.15) is 0 Å². The molecule has 17 nitrogen and oxygen atoms in total. The zero-order chi connectivity index (χ0) is 59.0. The first-order valence-electron chi connectivity index (χ1n) is 31.8. The first-order chi connectivity index (χ1) is 38.8. The van der Waals surface area contributed by atoms with Crippen LogP contribution in [0.2, 0.25) is 0 Å². The van der Waals surface area contributed by atoms with Crippen molar-refractivity contribution in [3.05, 3.63) is 35.9 Å². The number of rotatable bonds is 31. The molecule has 1 aromatic rings. The van der Waals surface area contributed by atoms with Crippen LogP contribution in [0.1, 0.15) is 200 Å². The van der Waals surface area contributed by atoms with Crippen molar-refractivity contribution in [1.82, 2.24) is 20.0 Å². The van der Waals surface area contributed by atoms with Gasteiger partial charge in [-0.25, -0.2) is 9.79 Å². The van der Waals surface area contributed by atoms with E-state index in [0.717, 1.165) is 65.4 Å². The fourth-order valence-electron chi connectivity index (χ4n) is 9.93. The van der Waals surface area contributed by atoms with Crippen LogP contribution in [-0.4, -0.2) is 215 Å². The standard InChI is InChI=1S/C17H31N3O.C16H36N.C12H27NO5.C11H21NO3.C7H6O2/c1-3-7-15(8-4-1)18-17(20-11-13-21-14-12-20)19-16-9-5-2-6-10-16;1-5-9-13-17(14-10-6-2,15-11-7-3)16-12-8-4;1-16-8-2-3-13(4-9-17-11-6-14)5-10-18-12-7-15;1-4-11(2,3)15-10(14)12-7-5-9(13)6-8-12;8-7(9)6-4-2-1-3-5-6/h15-16H,1-14H2,(H,18,19);5-16H2,1-4H3;14-15H,2-12H2,1H3;9,13H,4-8H2,1-3H3;1-5H,(H,8,9)/q;+1;;;/p-1. The highest BCUT2D eigenvalue weighted by Gasteiger charge is 2.28. The molecule has 4 aliphatic rings. The number of carbonyl (C=O) groups excluding carboxylic acids is 2. The number of quaternary nitrogens is 1. The molecule has 5 rings (SSSR count). The lowest BCUT2D eigenvalue weighted by molar-refractivity contribution is -0.929. The second kappa shape index (κ2) is 49.3. The smallest absolute Gasteiger partial charge is 0.410 e. The summed E-state index contributed by atoms with van der Waals surface area (Å²) in [6.07, 6.45) is 27.1. The maximum absolute atomic E-state index is 11.7. The fourth-order valence-corrected chi connectivity index (χ4v) is 9.93. The van der Waals surface area contributed by atoms with Gasteiger partial charge < -0.3 is 68.5 Å². The minimum absolute atomic E-state index is 0.0588. The summed E-state index contributed by atoms with van der Waals surface area (Å²) in [6.45, 7) is 31.1. The van der Waals surface area contributed by atoms with E-state index < -0.39 is 11.6 Å². The Balaban J connectivity index is 0.000000510. The summed E-state index contributed by atoms with van der Waals surface area (Å²) < 4.78 is 27.8. The molecule has 2 saturated carbocycles. The van der Waals surface area contributed by atoms with Crippen LogP contribution in [0, 0.1) is 0 Å². The summed E-state index contributed by atoms with van der Waals surface area (Å²) in [6, 6.07) is 9.25. The molecule has 17 heteroatoms. The van der Waals surface area contributed by atoms with Crippen molar-refractivity contribution >= 4 is 18.0 Å². The number of unbranched alkanes of at least 4 members (excludes halogenated alkanes) is 4. The summed E-state index contributed by atoms with van der Waals surface area (Å²) in [5, 5.41) is 40.4. The number of nitrogens with zero attached hydrogens (tertiary/aromatic N) is 5. The number of hydrogen-bond acceptors (Lipinski definition) is 13. The van der Waals surface area contributed by atoms with Crippen molar-refractivity contribution in [2.75, 3.05) is 139 Å². The molecule has 0 radical (unpaired) electrons. The van der Waals surface area contributed by atoms with E-state index in [1.165, 1.54) is 164 Å². The average Bonchev–Trinajstić information content (AvgIpc) is 3.49. The minimum Gasteiger partial charge on any atom is -0.545 e. The van der Waals surface area contributed by atoms with E-state index in [2.05, 4.69) is 42.8 Å². The maximum Gasteiger partial charge on any atom is 0.410 e. The molecule has 2 aliphatic heterocycles. The Labute approximate surface area is 487 Å². The highest BCUT2D eigenvalue weighted by molar-refractivity contribution is 5.85. The number of benzene rings is 1. The molecule has 0 bridgehead atoms. The number of guanidine groups is 1. The van der Waals surface area contributed by atoms with Crippen LogP contribution < -0.4 is 10.4 Å². The Morgan fingerprint density at radius 3 is 1.62 bits per heavy atom. The third kappa shape index (κ3) is 37.9. The van der Waals surface area contributed by atoms with Gasteiger partial charge in [-0.05, 0) is 96.5 Å². The molecule has 80 heavy (non-hydrogen) atoms. The number of carboxylic acids is 1. The molecule has 0 unspecified atom stereocenters. The molecule has 1 amide bonds. The predicted molar refractivity (Wildman–Crippen MR) is 323 cm³/mol. The summed E-state index contributed by atoms with van der Waals surface area (Å²) in [4.78, 5) is 33.2. The number of carboxylic acid groups (broad SMARTS) is 1. The van der Waals surface area contributed by atoms with E-state index >= 15 is 0 Å². The summed E-state index contributed by atoms with van der Waals surface area (Å²) in [5.74, 6) is 0.0488. The van der Waals surface area contributed by atoms with Crippen molar-refractivity contribution in [2.45, 2.75) is 214 Å². The number of amides is 1. The molecule has 2 saturated heterocycles. The number of carbonyl (C=O) groups is 2. The van der Waals surface area contributed by atoms with Crippen LogP contribution in [-0.2, 0) is 23.7 Å². The number of aliphatic hydroxyl groups excluding tert-OH is 3. The lowest BCUT2D eigenvalue weighted by Gasteiger charge is -2.39. The van der Waals surface area contributed by atoms with Gasteiger partial charge in [-0.15, -0.1) is 0 Å². The first-order valence-corrected chi connectivity index (χ1v) is 31.8. The molecule has 0 aromatic heterocycles. The van der Waals surface area contributed by atoms with Gasteiger partial charge in [0, 0.05) is 65.6 Å². The van der Waals surface area contributed by atoms with E-state index in [1.54, 1.807) is 30.2 Å². The number of piperidine rings is 1. The topological polar surface area (TPSA) is 198 Å². The van der Waals surface area contributed by atoms with Gasteiger partial charge in [-0.3, -0.25) is 4.90 Å². The molecule has 468 valence electrons. The van der Waals surface area contributed by atoms with Crippen molar-refractivity contribution in [3.8, 4) is 0 Å². The number of hydrogen-bond donors (Lipinski definition) is 4. The Bertz CT molecular complexity index is 1560. The zero-order valence-corrected chi connectivity index (χ0v) is 52.2. The monoisotopic (exact) mass is 1140 g/mol. The number of methoxy groups -OCH3 is 1. The van der Waals surface area contributed by atoms with Crippen LogP contribution in [0.3, 0.4) is 0 Å².